The lowest BCUT2D eigenvalue weighted by Crippen LogP contribution is -1.86. The monoisotopic (exact) mass is 313 g/mol. The predicted octanol–water partition coefficient (Wildman–Crippen LogP) is 4.74. The Labute approximate surface area is 135 Å². The van der Waals surface area contributed by atoms with Gasteiger partial charge < -0.3 is 10.5 Å². The van der Waals surface area contributed by atoms with Crippen LogP contribution in [0.1, 0.15) is 18.9 Å². The molecule has 3 nitrogen and oxygen atoms in total. The van der Waals surface area contributed by atoms with Gasteiger partial charge in [0.2, 0.25) is 0 Å². The SMILES string of the molecule is CC(=O)SCCC=Cc1ccc(Oc2ccc(N)cc2)cc1. The van der Waals surface area contributed by atoms with Crippen LogP contribution in [-0.2, 0) is 4.79 Å². The van der Waals surface area contributed by atoms with E-state index in [0.717, 1.165) is 34.9 Å². The number of hydrogen-bond donors (Lipinski definition) is 1. The Morgan fingerprint density at radius 1 is 1.09 bits per heavy atom. The van der Waals surface area contributed by atoms with Gasteiger partial charge in [-0.15, -0.1) is 0 Å². The van der Waals surface area contributed by atoms with Gasteiger partial charge in [-0.2, -0.15) is 0 Å². The number of benzene rings is 2. The second kappa shape index (κ2) is 8.29. The standard InChI is InChI=1S/C18H19NO2S/c1-14(20)22-13-3-2-4-15-5-9-17(10-6-15)21-18-11-7-16(19)8-12-18/h2,4-12H,3,13,19H2,1H3. The maximum atomic E-state index is 10.8. The van der Waals surface area contributed by atoms with Gasteiger partial charge in [-0.05, 0) is 48.4 Å². The molecule has 22 heavy (non-hydrogen) atoms. The number of thioether (sulfide) groups is 1. The van der Waals surface area contributed by atoms with Crippen molar-refractivity contribution in [1.82, 2.24) is 0 Å². The zero-order chi connectivity index (χ0) is 15.8. The fourth-order valence-electron chi connectivity index (χ4n) is 1.81. The zero-order valence-corrected chi connectivity index (χ0v) is 13.3. The van der Waals surface area contributed by atoms with Gasteiger partial charge in [0.15, 0.2) is 5.12 Å². The van der Waals surface area contributed by atoms with E-state index in [1.807, 2.05) is 54.6 Å². The molecule has 0 saturated heterocycles. The van der Waals surface area contributed by atoms with Crippen LogP contribution in [0.4, 0.5) is 5.69 Å². The van der Waals surface area contributed by atoms with Gasteiger partial charge in [0.05, 0.1) is 0 Å². The van der Waals surface area contributed by atoms with Crippen molar-refractivity contribution >= 4 is 28.6 Å². The van der Waals surface area contributed by atoms with Crippen molar-refractivity contribution in [3.05, 3.63) is 60.2 Å². The van der Waals surface area contributed by atoms with E-state index in [0.29, 0.717) is 0 Å². The molecule has 2 aromatic carbocycles. The molecule has 0 heterocycles. The normalized spacial score (nSPS) is 10.8. The molecule has 114 valence electrons. The molecule has 0 radical (unpaired) electrons. The van der Waals surface area contributed by atoms with Crippen LogP contribution in [0.5, 0.6) is 11.5 Å². The summed E-state index contributed by atoms with van der Waals surface area (Å²) in [6.07, 6.45) is 5.01. The molecular weight excluding hydrogens is 294 g/mol. The highest BCUT2D eigenvalue weighted by Crippen LogP contribution is 2.22. The number of hydrogen-bond acceptors (Lipinski definition) is 4. The van der Waals surface area contributed by atoms with Gasteiger partial charge in [-0.1, -0.05) is 36.0 Å². The minimum absolute atomic E-state index is 0.164. The van der Waals surface area contributed by atoms with E-state index in [-0.39, 0.29) is 5.12 Å². The average Bonchev–Trinajstić information content (AvgIpc) is 2.50. The lowest BCUT2D eigenvalue weighted by molar-refractivity contribution is -0.109. The van der Waals surface area contributed by atoms with Crippen molar-refractivity contribution in [2.75, 3.05) is 11.5 Å². The summed E-state index contributed by atoms with van der Waals surface area (Å²) >= 11 is 1.35. The Morgan fingerprint density at radius 2 is 1.68 bits per heavy atom. The number of carbonyl (C=O) groups excluding carboxylic acids is 1. The van der Waals surface area contributed by atoms with Crippen LogP contribution in [0.2, 0.25) is 0 Å². The molecule has 2 N–H and O–H groups in total. The average molecular weight is 313 g/mol. The zero-order valence-electron chi connectivity index (χ0n) is 12.5. The Kier molecular flexibility index (Phi) is 6.10. The molecule has 0 spiro atoms. The summed E-state index contributed by atoms with van der Waals surface area (Å²) in [6.45, 7) is 1.59. The molecule has 0 amide bonds. The van der Waals surface area contributed by atoms with E-state index < -0.39 is 0 Å². The highest BCUT2D eigenvalue weighted by molar-refractivity contribution is 8.13. The van der Waals surface area contributed by atoms with Crippen LogP contribution in [0.15, 0.2) is 54.6 Å². The van der Waals surface area contributed by atoms with Crippen LogP contribution in [0.3, 0.4) is 0 Å². The van der Waals surface area contributed by atoms with Gasteiger partial charge >= 0.3 is 0 Å². The largest absolute Gasteiger partial charge is 0.457 e. The minimum Gasteiger partial charge on any atom is -0.457 e. The Hall–Kier alpha value is -2.20. The van der Waals surface area contributed by atoms with Gasteiger partial charge in [0.1, 0.15) is 11.5 Å². The molecule has 0 aliphatic carbocycles. The number of nitrogens with two attached hydrogens (primary N) is 1. The number of anilines is 1. The van der Waals surface area contributed by atoms with E-state index in [2.05, 4.69) is 6.08 Å². The fraction of sp³-hybridized carbons (Fsp3) is 0.167. The highest BCUT2D eigenvalue weighted by Gasteiger charge is 1.97. The highest BCUT2D eigenvalue weighted by atomic mass is 32.2. The van der Waals surface area contributed by atoms with E-state index in [9.17, 15) is 4.79 Å². The van der Waals surface area contributed by atoms with Crippen molar-refractivity contribution < 1.29 is 9.53 Å². The number of nitrogen functional groups attached to an aromatic ring is 1. The first kappa shape index (κ1) is 16.2. The van der Waals surface area contributed by atoms with Gasteiger partial charge in [-0.3, -0.25) is 4.79 Å². The van der Waals surface area contributed by atoms with Crippen LogP contribution in [-0.4, -0.2) is 10.9 Å². The maximum absolute atomic E-state index is 10.8. The molecule has 0 unspecified atom stereocenters. The lowest BCUT2D eigenvalue weighted by atomic mass is 10.2. The molecule has 0 aliphatic heterocycles. The first-order valence-electron chi connectivity index (χ1n) is 7.07. The fourth-order valence-corrected chi connectivity index (χ4v) is 2.35. The Bertz CT molecular complexity index is 633. The third-order valence-corrected chi connectivity index (χ3v) is 3.74. The van der Waals surface area contributed by atoms with Crippen molar-refractivity contribution in [3.8, 4) is 11.5 Å². The number of carbonyl (C=O) groups is 1. The number of ether oxygens (including phenoxy) is 1. The van der Waals surface area contributed by atoms with Crippen LogP contribution >= 0.6 is 11.8 Å². The molecule has 0 saturated carbocycles. The van der Waals surface area contributed by atoms with Crippen molar-refractivity contribution in [2.24, 2.45) is 0 Å². The maximum Gasteiger partial charge on any atom is 0.185 e. The topological polar surface area (TPSA) is 52.3 Å². The van der Waals surface area contributed by atoms with Crippen LogP contribution in [0.25, 0.3) is 6.08 Å². The van der Waals surface area contributed by atoms with E-state index in [4.69, 9.17) is 10.5 Å². The summed E-state index contributed by atoms with van der Waals surface area (Å²) in [5, 5.41) is 0.164. The van der Waals surface area contributed by atoms with Gasteiger partial charge in [0, 0.05) is 18.4 Å². The summed E-state index contributed by atoms with van der Waals surface area (Å²) in [5.41, 5.74) is 7.47. The van der Waals surface area contributed by atoms with Crippen molar-refractivity contribution in [2.45, 2.75) is 13.3 Å². The van der Waals surface area contributed by atoms with Gasteiger partial charge in [-0.25, -0.2) is 0 Å². The second-order valence-electron chi connectivity index (χ2n) is 4.77. The Balaban J connectivity index is 1.86. The molecule has 0 bridgehead atoms. The molecule has 4 heteroatoms. The Morgan fingerprint density at radius 3 is 2.27 bits per heavy atom. The molecule has 2 aromatic rings. The lowest BCUT2D eigenvalue weighted by Gasteiger charge is -2.06. The second-order valence-corrected chi connectivity index (χ2v) is 6.04. The van der Waals surface area contributed by atoms with Crippen molar-refractivity contribution in [3.63, 3.8) is 0 Å². The molecular formula is C18H19NO2S. The smallest absolute Gasteiger partial charge is 0.185 e. The van der Waals surface area contributed by atoms with Crippen LogP contribution in [0, 0.1) is 0 Å². The summed E-state index contributed by atoms with van der Waals surface area (Å²) < 4.78 is 5.74. The summed E-state index contributed by atoms with van der Waals surface area (Å²) in [7, 11) is 0. The third-order valence-electron chi connectivity index (χ3n) is 2.90. The van der Waals surface area contributed by atoms with E-state index >= 15 is 0 Å². The molecule has 0 atom stereocenters. The summed E-state index contributed by atoms with van der Waals surface area (Å²) in [5.74, 6) is 2.37. The van der Waals surface area contributed by atoms with Crippen LogP contribution < -0.4 is 10.5 Å². The minimum atomic E-state index is 0.164. The van der Waals surface area contributed by atoms with Crippen molar-refractivity contribution in [1.29, 1.82) is 0 Å². The van der Waals surface area contributed by atoms with E-state index in [1.165, 1.54) is 11.8 Å². The molecule has 0 fully saturated rings. The van der Waals surface area contributed by atoms with E-state index in [1.54, 1.807) is 6.92 Å². The number of allylic oxidation sites excluding steroid dienone is 1. The summed E-state index contributed by atoms with van der Waals surface area (Å²) in [4.78, 5) is 10.8. The first-order valence-corrected chi connectivity index (χ1v) is 8.05. The predicted molar refractivity (Wildman–Crippen MR) is 94.2 cm³/mol. The molecule has 2 rings (SSSR count). The molecule has 0 aliphatic rings. The van der Waals surface area contributed by atoms with Gasteiger partial charge in [0.25, 0.3) is 0 Å². The number of rotatable bonds is 6. The summed E-state index contributed by atoms with van der Waals surface area (Å²) in [6, 6.07) is 15.2. The molecule has 0 aromatic heterocycles. The first-order chi connectivity index (χ1) is 10.6. The quantitative estimate of drug-likeness (QED) is 0.618. The third kappa shape index (κ3) is 5.66.